The Hall–Kier alpha value is -2.83. The number of nitrogens with one attached hydrogen (secondary N) is 1. The highest BCUT2D eigenvalue weighted by Gasteiger charge is 2.23. The minimum Gasteiger partial charge on any atom is -0.497 e. The average Bonchev–Trinajstić information content (AvgIpc) is 2.68. The summed E-state index contributed by atoms with van der Waals surface area (Å²) in [5, 5.41) is 3.24. The van der Waals surface area contributed by atoms with E-state index in [1.165, 1.54) is 0 Å². The molecule has 1 aromatic heterocycles. The first-order chi connectivity index (χ1) is 13.1. The fraction of sp³-hybridized carbons (Fsp3) is 0.450. The third kappa shape index (κ3) is 4.87. The van der Waals surface area contributed by atoms with E-state index >= 15 is 0 Å². The summed E-state index contributed by atoms with van der Waals surface area (Å²) in [6, 6.07) is 9.60. The third-order valence-electron chi connectivity index (χ3n) is 4.63. The summed E-state index contributed by atoms with van der Waals surface area (Å²) in [4.78, 5) is 25.8. The van der Waals surface area contributed by atoms with Crippen LogP contribution >= 0.6 is 0 Å². The van der Waals surface area contributed by atoms with Gasteiger partial charge in [-0.1, -0.05) is 12.1 Å². The van der Waals surface area contributed by atoms with Crippen LogP contribution in [0.15, 0.2) is 30.3 Å². The summed E-state index contributed by atoms with van der Waals surface area (Å²) in [5.74, 6) is 2.53. The predicted octanol–water partition coefficient (Wildman–Crippen LogP) is 2.12. The van der Waals surface area contributed by atoms with Crippen LogP contribution in [0.1, 0.15) is 18.2 Å². The lowest BCUT2D eigenvalue weighted by Crippen LogP contribution is -2.49. The van der Waals surface area contributed by atoms with Crippen molar-refractivity contribution in [2.45, 2.75) is 20.3 Å². The van der Waals surface area contributed by atoms with Crippen LogP contribution < -0.4 is 15.0 Å². The molecule has 1 N–H and O–H groups in total. The quantitative estimate of drug-likeness (QED) is 0.841. The number of nitrogens with zero attached hydrogens (tertiary/aromatic N) is 4. The molecule has 27 heavy (non-hydrogen) atoms. The van der Waals surface area contributed by atoms with Gasteiger partial charge >= 0.3 is 0 Å². The van der Waals surface area contributed by atoms with Gasteiger partial charge in [0.2, 0.25) is 11.9 Å². The lowest BCUT2D eigenvalue weighted by Gasteiger charge is -2.35. The van der Waals surface area contributed by atoms with Crippen molar-refractivity contribution in [2.75, 3.05) is 50.1 Å². The van der Waals surface area contributed by atoms with Gasteiger partial charge in [-0.3, -0.25) is 4.79 Å². The first kappa shape index (κ1) is 18.9. The number of piperazine rings is 1. The smallest absolute Gasteiger partial charge is 0.227 e. The summed E-state index contributed by atoms with van der Waals surface area (Å²) in [6.07, 6.45) is 0.412. The number of hydrogen-bond acceptors (Lipinski definition) is 6. The maximum atomic E-state index is 12.6. The zero-order chi connectivity index (χ0) is 19.2. The van der Waals surface area contributed by atoms with Crippen LogP contribution in [0.5, 0.6) is 5.75 Å². The molecule has 0 saturated carbocycles. The highest BCUT2D eigenvalue weighted by molar-refractivity contribution is 5.79. The number of carbonyl (C=O) groups is 1. The normalized spacial score (nSPS) is 14.2. The maximum Gasteiger partial charge on any atom is 0.227 e. The van der Waals surface area contributed by atoms with E-state index in [9.17, 15) is 4.79 Å². The molecule has 1 fully saturated rings. The van der Waals surface area contributed by atoms with E-state index in [0.717, 1.165) is 48.4 Å². The summed E-state index contributed by atoms with van der Waals surface area (Å²) in [7, 11) is 1.64. The number of amides is 1. The van der Waals surface area contributed by atoms with Gasteiger partial charge in [-0.25, -0.2) is 4.98 Å². The van der Waals surface area contributed by atoms with Crippen molar-refractivity contribution >= 4 is 17.7 Å². The van der Waals surface area contributed by atoms with Crippen LogP contribution in [0.2, 0.25) is 0 Å². The van der Waals surface area contributed by atoms with Crippen molar-refractivity contribution in [1.82, 2.24) is 14.9 Å². The molecule has 3 rings (SSSR count). The summed E-state index contributed by atoms with van der Waals surface area (Å²) in [6.45, 7) is 7.69. The molecule has 0 bridgehead atoms. The van der Waals surface area contributed by atoms with E-state index in [1.54, 1.807) is 7.11 Å². The van der Waals surface area contributed by atoms with Crippen LogP contribution in [0.4, 0.5) is 11.8 Å². The molecular weight excluding hydrogens is 342 g/mol. The van der Waals surface area contributed by atoms with Gasteiger partial charge in [-0.2, -0.15) is 4.98 Å². The second-order valence-corrected chi connectivity index (χ2v) is 6.62. The molecule has 1 aliphatic heterocycles. The second-order valence-electron chi connectivity index (χ2n) is 6.62. The number of aromatic nitrogens is 2. The van der Waals surface area contributed by atoms with E-state index in [-0.39, 0.29) is 5.91 Å². The minimum absolute atomic E-state index is 0.151. The predicted molar refractivity (Wildman–Crippen MR) is 106 cm³/mol. The maximum absolute atomic E-state index is 12.6. The van der Waals surface area contributed by atoms with Gasteiger partial charge in [0.05, 0.1) is 13.5 Å². The van der Waals surface area contributed by atoms with E-state index < -0.39 is 0 Å². The van der Waals surface area contributed by atoms with Crippen molar-refractivity contribution in [1.29, 1.82) is 0 Å². The molecule has 1 saturated heterocycles. The Labute approximate surface area is 160 Å². The highest BCUT2D eigenvalue weighted by atomic mass is 16.5. The molecule has 1 aromatic carbocycles. The van der Waals surface area contributed by atoms with Gasteiger partial charge in [-0.15, -0.1) is 0 Å². The fourth-order valence-corrected chi connectivity index (χ4v) is 3.15. The molecule has 0 atom stereocenters. The van der Waals surface area contributed by atoms with Crippen LogP contribution in [0.25, 0.3) is 0 Å². The number of aryl methyl sites for hydroxylation is 1. The number of benzene rings is 1. The molecule has 1 amide bonds. The first-order valence-corrected chi connectivity index (χ1v) is 9.34. The summed E-state index contributed by atoms with van der Waals surface area (Å²) >= 11 is 0. The van der Waals surface area contributed by atoms with E-state index in [0.29, 0.717) is 19.5 Å². The van der Waals surface area contributed by atoms with Crippen LogP contribution in [0, 0.1) is 6.92 Å². The second kappa shape index (κ2) is 8.70. The van der Waals surface area contributed by atoms with E-state index in [1.807, 2.05) is 49.1 Å². The minimum atomic E-state index is 0.151. The van der Waals surface area contributed by atoms with Gasteiger partial charge in [0.15, 0.2) is 0 Å². The molecular formula is C20H27N5O2. The first-order valence-electron chi connectivity index (χ1n) is 9.34. The number of methoxy groups -OCH3 is 1. The molecule has 0 radical (unpaired) electrons. The fourth-order valence-electron chi connectivity index (χ4n) is 3.15. The van der Waals surface area contributed by atoms with Gasteiger partial charge < -0.3 is 19.9 Å². The Morgan fingerprint density at radius 1 is 1.15 bits per heavy atom. The number of carbonyl (C=O) groups excluding carboxylic acids is 1. The molecule has 1 aliphatic rings. The van der Waals surface area contributed by atoms with Crippen molar-refractivity contribution < 1.29 is 9.53 Å². The topological polar surface area (TPSA) is 70.6 Å². The van der Waals surface area contributed by atoms with Crippen LogP contribution in [0.3, 0.4) is 0 Å². The summed E-state index contributed by atoms with van der Waals surface area (Å²) < 4.78 is 5.16. The van der Waals surface area contributed by atoms with Gasteiger partial charge in [0.1, 0.15) is 11.6 Å². The molecule has 144 valence electrons. The average molecular weight is 369 g/mol. The lowest BCUT2D eigenvalue weighted by molar-refractivity contribution is -0.130. The molecule has 0 unspecified atom stereocenters. The van der Waals surface area contributed by atoms with Crippen molar-refractivity contribution in [2.24, 2.45) is 0 Å². The van der Waals surface area contributed by atoms with E-state index in [4.69, 9.17) is 4.74 Å². The molecule has 0 spiro atoms. The standard InChI is InChI=1S/C20H27N5O2/c1-4-21-18-13-15(2)22-20(23-18)25-11-9-24(10-12-25)19(26)14-16-5-7-17(27-3)8-6-16/h5-8,13H,4,9-12,14H2,1-3H3,(H,21,22,23). The Balaban J connectivity index is 1.57. The van der Waals surface area contributed by atoms with Gasteiger partial charge in [0.25, 0.3) is 0 Å². The van der Waals surface area contributed by atoms with E-state index in [2.05, 4.69) is 20.2 Å². The largest absolute Gasteiger partial charge is 0.497 e. The molecule has 2 heterocycles. The van der Waals surface area contributed by atoms with Crippen molar-refractivity contribution in [3.8, 4) is 5.75 Å². The van der Waals surface area contributed by atoms with Crippen molar-refractivity contribution in [3.05, 3.63) is 41.6 Å². The van der Waals surface area contributed by atoms with Crippen molar-refractivity contribution in [3.63, 3.8) is 0 Å². The van der Waals surface area contributed by atoms with Gasteiger partial charge in [-0.05, 0) is 31.5 Å². The molecule has 0 aliphatic carbocycles. The Bertz CT molecular complexity index is 770. The zero-order valence-electron chi connectivity index (χ0n) is 16.2. The molecule has 2 aromatic rings. The monoisotopic (exact) mass is 369 g/mol. The number of anilines is 2. The molecule has 7 nitrogen and oxygen atoms in total. The number of hydrogen-bond donors (Lipinski definition) is 1. The number of ether oxygens (including phenoxy) is 1. The molecule has 7 heteroatoms. The third-order valence-corrected chi connectivity index (χ3v) is 4.63. The zero-order valence-corrected chi connectivity index (χ0v) is 16.2. The highest BCUT2D eigenvalue weighted by Crippen LogP contribution is 2.17. The lowest BCUT2D eigenvalue weighted by atomic mass is 10.1. The van der Waals surface area contributed by atoms with Gasteiger partial charge in [0, 0.05) is 44.5 Å². The number of rotatable bonds is 6. The Kier molecular flexibility index (Phi) is 6.11. The Morgan fingerprint density at radius 2 is 1.85 bits per heavy atom. The SMILES string of the molecule is CCNc1cc(C)nc(N2CCN(C(=O)Cc3ccc(OC)cc3)CC2)n1. The summed E-state index contributed by atoms with van der Waals surface area (Å²) in [5.41, 5.74) is 1.94. The van der Waals surface area contributed by atoms with Crippen LogP contribution in [-0.4, -0.2) is 60.6 Å². The van der Waals surface area contributed by atoms with Crippen LogP contribution in [-0.2, 0) is 11.2 Å². The Morgan fingerprint density at radius 3 is 2.48 bits per heavy atom.